The number of aryl methyl sites for hydroxylation is 1. The summed E-state index contributed by atoms with van der Waals surface area (Å²) in [4.78, 5) is 25.0. The van der Waals surface area contributed by atoms with E-state index in [0.717, 1.165) is 5.56 Å². The predicted octanol–water partition coefficient (Wildman–Crippen LogP) is 3.48. The molecule has 0 spiro atoms. The minimum Gasteiger partial charge on any atom is -0.508 e. The highest BCUT2D eigenvalue weighted by Crippen LogP contribution is 2.41. The van der Waals surface area contributed by atoms with Crippen LogP contribution in [0.1, 0.15) is 35.6 Å². The van der Waals surface area contributed by atoms with Crippen LogP contribution in [-0.4, -0.2) is 39.0 Å². The highest BCUT2D eigenvalue weighted by Gasteiger charge is 2.51. The molecule has 0 amide bonds. The summed E-state index contributed by atoms with van der Waals surface area (Å²) >= 11 is 0. The van der Waals surface area contributed by atoms with Gasteiger partial charge in [-0.1, -0.05) is 24.3 Å². The molecular weight excluding hydrogens is 440 g/mol. The summed E-state index contributed by atoms with van der Waals surface area (Å²) in [6.07, 6.45) is 5.27. The van der Waals surface area contributed by atoms with Crippen LogP contribution in [0, 0.1) is 6.92 Å². The van der Waals surface area contributed by atoms with E-state index in [0.29, 0.717) is 16.7 Å². The van der Waals surface area contributed by atoms with E-state index in [4.69, 9.17) is 14.2 Å². The highest BCUT2D eigenvalue weighted by atomic mass is 16.8. The third kappa shape index (κ3) is 4.67. The van der Waals surface area contributed by atoms with Gasteiger partial charge in [0, 0.05) is 11.6 Å². The Labute approximate surface area is 196 Å². The van der Waals surface area contributed by atoms with Crippen LogP contribution in [0.15, 0.2) is 60.1 Å². The lowest BCUT2D eigenvalue weighted by Crippen LogP contribution is -2.34. The number of ether oxygens (including phenoxy) is 3. The van der Waals surface area contributed by atoms with Crippen molar-refractivity contribution in [1.82, 2.24) is 0 Å². The molecule has 8 heteroatoms. The molecular formula is C26H24O8. The third-order valence-corrected chi connectivity index (χ3v) is 5.53. The van der Waals surface area contributed by atoms with Crippen LogP contribution in [-0.2, 0) is 30.4 Å². The molecule has 4 rings (SSSR count). The van der Waals surface area contributed by atoms with Crippen molar-refractivity contribution >= 4 is 23.9 Å². The van der Waals surface area contributed by atoms with Gasteiger partial charge in [-0.05, 0) is 60.9 Å². The Bertz CT molecular complexity index is 1240. The minimum atomic E-state index is -1.57. The Morgan fingerprint density at radius 1 is 1.06 bits per heavy atom. The van der Waals surface area contributed by atoms with Crippen molar-refractivity contribution in [3.63, 3.8) is 0 Å². The summed E-state index contributed by atoms with van der Waals surface area (Å²) < 4.78 is 16.9. The van der Waals surface area contributed by atoms with Gasteiger partial charge in [0.1, 0.15) is 11.5 Å². The van der Waals surface area contributed by atoms with Gasteiger partial charge in [0.15, 0.2) is 17.6 Å². The van der Waals surface area contributed by atoms with E-state index >= 15 is 0 Å². The molecule has 0 aromatic heterocycles. The fourth-order valence-electron chi connectivity index (χ4n) is 3.69. The topological polar surface area (TPSA) is 123 Å². The first-order valence-electron chi connectivity index (χ1n) is 10.7. The summed E-state index contributed by atoms with van der Waals surface area (Å²) in [5.74, 6) is -2.26. The first-order chi connectivity index (χ1) is 16.2. The monoisotopic (exact) mass is 464 g/mol. The molecule has 34 heavy (non-hydrogen) atoms. The third-order valence-electron chi connectivity index (χ3n) is 5.53. The zero-order chi connectivity index (χ0) is 24.5. The number of phenols is 2. The van der Waals surface area contributed by atoms with Gasteiger partial charge in [-0.25, -0.2) is 4.79 Å². The molecule has 0 bridgehead atoms. The lowest BCUT2D eigenvalue weighted by molar-refractivity contribution is -0.169. The number of esters is 1. The van der Waals surface area contributed by atoms with Crippen molar-refractivity contribution in [2.24, 2.45) is 0 Å². The number of allylic oxidation sites excluding steroid dienone is 1. The number of aliphatic hydroxyl groups is 1. The van der Waals surface area contributed by atoms with E-state index in [1.165, 1.54) is 18.2 Å². The van der Waals surface area contributed by atoms with E-state index < -0.39 is 17.9 Å². The minimum absolute atomic E-state index is 0.0373. The standard InChI is InChI=1S/C26H24O8/c1-15-11-17(4-7-21(15)29)3-6-20(28)13-26(33-23-16(2)32-25(31)24(23)34-26)10-9-18-5-8-22(30)19(12-18)14-27/h3-12,16,27,29-30H,13-14H2,1-2H3/b6-3+,10-9+. The number of phenolic OH excluding ortho intramolecular Hbond substituents is 1. The van der Waals surface area contributed by atoms with E-state index in [1.807, 2.05) is 0 Å². The Morgan fingerprint density at radius 2 is 1.76 bits per heavy atom. The van der Waals surface area contributed by atoms with Crippen LogP contribution in [0.3, 0.4) is 0 Å². The number of carbonyl (C=O) groups is 2. The van der Waals surface area contributed by atoms with Gasteiger partial charge in [-0.15, -0.1) is 0 Å². The van der Waals surface area contributed by atoms with Crippen LogP contribution in [0.2, 0.25) is 0 Å². The Kier molecular flexibility index (Phi) is 6.17. The molecule has 2 aromatic rings. The Hall–Kier alpha value is -4.04. The molecule has 0 aliphatic carbocycles. The number of hydrogen-bond acceptors (Lipinski definition) is 8. The molecule has 2 heterocycles. The van der Waals surface area contributed by atoms with Gasteiger partial charge in [0.05, 0.1) is 13.0 Å². The molecule has 2 aliphatic rings. The van der Waals surface area contributed by atoms with Crippen LogP contribution in [0.25, 0.3) is 12.2 Å². The first kappa shape index (κ1) is 23.1. The van der Waals surface area contributed by atoms with E-state index in [-0.39, 0.29) is 41.8 Å². The van der Waals surface area contributed by atoms with Gasteiger partial charge in [-0.3, -0.25) is 4.79 Å². The zero-order valence-electron chi connectivity index (χ0n) is 18.6. The number of rotatable bonds is 7. The van der Waals surface area contributed by atoms with Gasteiger partial charge >= 0.3 is 5.97 Å². The van der Waals surface area contributed by atoms with Crippen LogP contribution in [0.4, 0.5) is 0 Å². The number of ketones is 1. The SMILES string of the molecule is Cc1cc(/C=C/C(=O)CC2(/C=C/c3ccc(O)c(CO)c3)OC3=C(O2)C(C)OC3=O)ccc1O. The van der Waals surface area contributed by atoms with E-state index in [2.05, 4.69) is 0 Å². The molecule has 176 valence electrons. The number of cyclic esters (lactones) is 1. The summed E-state index contributed by atoms with van der Waals surface area (Å²) in [5.41, 5.74) is 2.38. The maximum absolute atomic E-state index is 12.8. The molecule has 0 saturated heterocycles. The van der Waals surface area contributed by atoms with Gasteiger partial charge in [0.2, 0.25) is 0 Å². The second kappa shape index (κ2) is 9.07. The average molecular weight is 464 g/mol. The molecule has 2 aliphatic heterocycles. The Morgan fingerprint density at radius 3 is 2.44 bits per heavy atom. The normalized spacial score (nSPS) is 21.6. The number of carbonyl (C=O) groups excluding carboxylic acids is 2. The number of aromatic hydroxyl groups is 2. The molecule has 0 fully saturated rings. The second-order valence-corrected chi connectivity index (χ2v) is 8.16. The second-order valence-electron chi connectivity index (χ2n) is 8.16. The van der Waals surface area contributed by atoms with Gasteiger partial charge < -0.3 is 29.5 Å². The van der Waals surface area contributed by atoms with Gasteiger partial charge in [0.25, 0.3) is 11.5 Å². The van der Waals surface area contributed by atoms with Crippen molar-refractivity contribution < 1.29 is 39.1 Å². The van der Waals surface area contributed by atoms with Crippen LogP contribution in [0.5, 0.6) is 11.5 Å². The maximum atomic E-state index is 12.8. The summed E-state index contributed by atoms with van der Waals surface area (Å²) in [6.45, 7) is 3.06. The number of aliphatic hydroxyl groups excluding tert-OH is 1. The number of benzene rings is 2. The fourth-order valence-corrected chi connectivity index (χ4v) is 3.69. The molecule has 2 aromatic carbocycles. The summed E-state index contributed by atoms with van der Waals surface area (Å²) in [7, 11) is 0. The highest BCUT2D eigenvalue weighted by molar-refractivity contribution is 5.95. The molecule has 0 radical (unpaired) electrons. The average Bonchev–Trinajstić information content (AvgIpc) is 3.30. The van der Waals surface area contributed by atoms with Crippen molar-refractivity contribution in [3.8, 4) is 11.5 Å². The smallest absolute Gasteiger partial charge is 0.378 e. The molecule has 3 N–H and O–H groups in total. The quantitative estimate of drug-likeness (QED) is 0.421. The van der Waals surface area contributed by atoms with Crippen molar-refractivity contribution in [1.29, 1.82) is 0 Å². The van der Waals surface area contributed by atoms with Gasteiger partial charge in [-0.2, -0.15) is 0 Å². The summed E-state index contributed by atoms with van der Waals surface area (Å²) in [5, 5.41) is 28.8. The number of hydrogen-bond donors (Lipinski definition) is 3. The van der Waals surface area contributed by atoms with Crippen molar-refractivity contribution in [3.05, 3.63) is 82.3 Å². The molecule has 2 atom stereocenters. The molecule has 0 saturated carbocycles. The largest absolute Gasteiger partial charge is 0.508 e. The van der Waals surface area contributed by atoms with Crippen LogP contribution < -0.4 is 0 Å². The van der Waals surface area contributed by atoms with E-state index in [9.17, 15) is 24.9 Å². The zero-order valence-corrected chi connectivity index (χ0v) is 18.6. The summed E-state index contributed by atoms with van der Waals surface area (Å²) in [6, 6.07) is 9.63. The maximum Gasteiger partial charge on any atom is 0.378 e. The molecule has 2 unspecified atom stereocenters. The molecule has 8 nitrogen and oxygen atoms in total. The predicted molar refractivity (Wildman–Crippen MR) is 122 cm³/mol. The van der Waals surface area contributed by atoms with Crippen LogP contribution >= 0.6 is 0 Å². The van der Waals surface area contributed by atoms with Crippen molar-refractivity contribution in [2.45, 2.75) is 38.8 Å². The Balaban J connectivity index is 1.58. The lowest BCUT2D eigenvalue weighted by Gasteiger charge is -2.26. The van der Waals surface area contributed by atoms with Crippen molar-refractivity contribution in [2.75, 3.05) is 0 Å². The first-order valence-corrected chi connectivity index (χ1v) is 10.7. The lowest BCUT2D eigenvalue weighted by atomic mass is 10.0. The van der Waals surface area contributed by atoms with E-state index in [1.54, 1.807) is 56.3 Å². The fraction of sp³-hybridized carbons (Fsp3) is 0.231.